The number of carbonyl (C=O) groups is 3. The Hall–Kier alpha value is -3.61. The topological polar surface area (TPSA) is 106 Å². The zero-order chi connectivity index (χ0) is 24.5. The Labute approximate surface area is 205 Å². The molecule has 7 heteroatoms. The van der Waals surface area contributed by atoms with E-state index in [9.17, 15) is 14.4 Å². The Bertz CT molecular complexity index is 1300. The summed E-state index contributed by atoms with van der Waals surface area (Å²) in [6.07, 6.45) is 5.93. The van der Waals surface area contributed by atoms with Crippen LogP contribution in [0.3, 0.4) is 0 Å². The highest BCUT2D eigenvalue weighted by Crippen LogP contribution is 2.39. The Morgan fingerprint density at radius 1 is 1.06 bits per heavy atom. The molecule has 1 aromatic heterocycles. The second-order valence-corrected chi connectivity index (χ2v) is 9.76. The van der Waals surface area contributed by atoms with Crippen molar-refractivity contribution in [3.05, 3.63) is 53.7 Å². The Kier molecular flexibility index (Phi) is 6.32. The van der Waals surface area contributed by atoms with Crippen LogP contribution in [0.4, 0.5) is 5.69 Å². The first-order valence-corrected chi connectivity index (χ1v) is 12.5. The number of nitrogens with one attached hydrogen (secondary N) is 2. The molecule has 1 aliphatic heterocycles. The molecule has 0 radical (unpaired) electrons. The van der Waals surface area contributed by atoms with Gasteiger partial charge >= 0.3 is 0 Å². The first-order valence-electron chi connectivity index (χ1n) is 12.5. The molecule has 0 bridgehead atoms. The van der Waals surface area contributed by atoms with Gasteiger partial charge in [-0.1, -0.05) is 24.3 Å². The smallest absolute Gasteiger partial charge is 0.250 e. The quantitative estimate of drug-likeness (QED) is 0.496. The van der Waals surface area contributed by atoms with Crippen molar-refractivity contribution < 1.29 is 14.4 Å². The summed E-state index contributed by atoms with van der Waals surface area (Å²) in [6, 6.07) is 13.7. The Morgan fingerprint density at radius 2 is 1.83 bits per heavy atom. The minimum absolute atomic E-state index is 0.0952. The molecule has 2 aliphatic rings. The molecule has 2 heterocycles. The second kappa shape index (κ2) is 9.56. The number of carbonyl (C=O) groups excluding carboxylic acids is 3. The molecular formula is C28H32N4O3. The van der Waals surface area contributed by atoms with Gasteiger partial charge in [0.25, 0.3) is 5.91 Å². The molecular weight excluding hydrogens is 440 g/mol. The first kappa shape index (κ1) is 23.1. The summed E-state index contributed by atoms with van der Waals surface area (Å²) < 4.78 is 1.87. The number of fused-ring (bicyclic) bond motifs is 3. The summed E-state index contributed by atoms with van der Waals surface area (Å²) in [5.41, 5.74) is 10.9. The van der Waals surface area contributed by atoms with Gasteiger partial charge < -0.3 is 16.4 Å². The number of amides is 2. The van der Waals surface area contributed by atoms with Crippen molar-refractivity contribution in [3.8, 4) is 11.1 Å². The molecule has 0 saturated heterocycles. The maximum atomic E-state index is 12.8. The van der Waals surface area contributed by atoms with Crippen LogP contribution < -0.4 is 16.4 Å². The van der Waals surface area contributed by atoms with Crippen molar-refractivity contribution in [2.24, 2.45) is 17.6 Å². The number of para-hydroxylation sites is 1. The highest BCUT2D eigenvalue weighted by Gasteiger charge is 2.27. The molecule has 4 N–H and O–H groups in total. The van der Waals surface area contributed by atoms with Gasteiger partial charge in [-0.05, 0) is 68.2 Å². The third kappa shape index (κ3) is 4.31. The number of hydrogen-bond donors (Lipinski definition) is 3. The third-order valence-corrected chi connectivity index (χ3v) is 7.65. The zero-order valence-corrected chi connectivity index (χ0v) is 20.1. The largest absolute Gasteiger partial charge is 0.384 e. The van der Waals surface area contributed by atoms with Crippen LogP contribution in [-0.2, 0) is 11.2 Å². The molecule has 2 aromatic carbocycles. The van der Waals surface area contributed by atoms with Crippen molar-refractivity contribution in [2.75, 3.05) is 18.9 Å². The fourth-order valence-electron chi connectivity index (χ4n) is 5.80. The van der Waals surface area contributed by atoms with Crippen molar-refractivity contribution >= 4 is 34.3 Å². The van der Waals surface area contributed by atoms with Gasteiger partial charge in [0.2, 0.25) is 11.8 Å². The molecule has 5 rings (SSSR count). The lowest BCUT2D eigenvalue weighted by Gasteiger charge is -2.28. The van der Waals surface area contributed by atoms with Crippen molar-refractivity contribution in [1.82, 2.24) is 9.88 Å². The van der Waals surface area contributed by atoms with Crippen LogP contribution in [0.5, 0.6) is 0 Å². The molecule has 2 amide bonds. The molecule has 1 saturated carbocycles. The lowest BCUT2D eigenvalue weighted by molar-refractivity contribution is -0.125. The summed E-state index contributed by atoms with van der Waals surface area (Å²) >= 11 is 0. The van der Waals surface area contributed by atoms with Crippen molar-refractivity contribution in [2.45, 2.75) is 44.9 Å². The molecule has 7 nitrogen and oxygen atoms in total. The predicted molar refractivity (Wildman–Crippen MR) is 137 cm³/mol. The van der Waals surface area contributed by atoms with Gasteiger partial charge in [0.05, 0.1) is 11.1 Å². The Morgan fingerprint density at radius 3 is 2.57 bits per heavy atom. The van der Waals surface area contributed by atoms with E-state index in [-0.39, 0.29) is 17.7 Å². The standard InChI is InChI=1S/C28H32N4O3/c1-30-28(35)18-11-9-17(10-12-18)16-31-22-15-19(13-14-20(22)27(29)34)26-21-5-2-3-6-23(21)32-24(26)7-4-8-25(32)33/h2-3,5-6,13-15,17-18,31H,4,7-12,16H2,1H3,(H2,29,34)(H,30,35). The number of anilines is 1. The summed E-state index contributed by atoms with van der Waals surface area (Å²) in [7, 11) is 1.69. The molecule has 0 unspecified atom stereocenters. The lowest BCUT2D eigenvalue weighted by atomic mass is 9.81. The van der Waals surface area contributed by atoms with Crippen LogP contribution in [0.15, 0.2) is 42.5 Å². The highest BCUT2D eigenvalue weighted by atomic mass is 16.2. The number of nitrogens with two attached hydrogens (primary N) is 1. The van der Waals surface area contributed by atoms with E-state index in [0.717, 1.165) is 78.5 Å². The minimum atomic E-state index is -0.471. The molecule has 0 atom stereocenters. The molecule has 1 fully saturated rings. The van der Waals surface area contributed by atoms with E-state index >= 15 is 0 Å². The van der Waals surface area contributed by atoms with Gasteiger partial charge in [-0.25, -0.2) is 0 Å². The van der Waals surface area contributed by atoms with Gasteiger partial charge in [-0.15, -0.1) is 0 Å². The maximum Gasteiger partial charge on any atom is 0.250 e. The fraction of sp³-hybridized carbons (Fsp3) is 0.393. The van der Waals surface area contributed by atoms with Gasteiger partial charge in [0.1, 0.15) is 0 Å². The number of hydrogen-bond acceptors (Lipinski definition) is 4. The highest BCUT2D eigenvalue weighted by molar-refractivity contribution is 6.06. The van der Waals surface area contributed by atoms with Crippen LogP contribution >= 0.6 is 0 Å². The first-order chi connectivity index (χ1) is 17.0. The van der Waals surface area contributed by atoms with E-state index in [1.807, 2.05) is 34.9 Å². The lowest BCUT2D eigenvalue weighted by Crippen LogP contribution is -2.32. The van der Waals surface area contributed by atoms with E-state index < -0.39 is 5.91 Å². The van der Waals surface area contributed by atoms with Gasteiger partial charge in [-0.3, -0.25) is 19.0 Å². The van der Waals surface area contributed by atoms with Crippen molar-refractivity contribution in [3.63, 3.8) is 0 Å². The van der Waals surface area contributed by atoms with Gasteiger partial charge in [0, 0.05) is 48.3 Å². The fourth-order valence-corrected chi connectivity index (χ4v) is 5.80. The SMILES string of the molecule is CNC(=O)C1CCC(CNc2cc(-c3c4n(c5ccccc35)C(=O)CCC4)ccc2C(N)=O)CC1. The van der Waals surface area contributed by atoms with E-state index in [2.05, 4.69) is 16.7 Å². The second-order valence-electron chi connectivity index (χ2n) is 9.76. The summed E-state index contributed by atoms with van der Waals surface area (Å²) in [4.78, 5) is 36.9. The summed E-state index contributed by atoms with van der Waals surface area (Å²) in [5, 5.41) is 7.29. The van der Waals surface area contributed by atoms with Crippen LogP contribution in [-0.4, -0.2) is 35.9 Å². The average Bonchev–Trinajstić information content (AvgIpc) is 3.22. The van der Waals surface area contributed by atoms with Crippen LogP contribution in [0, 0.1) is 11.8 Å². The number of nitrogens with zero attached hydrogens (tertiary/aromatic N) is 1. The van der Waals surface area contributed by atoms with Crippen LogP contribution in [0.25, 0.3) is 22.0 Å². The van der Waals surface area contributed by atoms with E-state index in [1.165, 1.54) is 0 Å². The predicted octanol–water partition coefficient (Wildman–Crippen LogP) is 4.35. The molecule has 3 aromatic rings. The zero-order valence-electron chi connectivity index (χ0n) is 20.1. The van der Waals surface area contributed by atoms with Gasteiger partial charge in [-0.2, -0.15) is 0 Å². The number of benzene rings is 2. The van der Waals surface area contributed by atoms with Crippen molar-refractivity contribution in [1.29, 1.82) is 0 Å². The molecule has 1 aliphatic carbocycles. The molecule has 35 heavy (non-hydrogen) atoms. The maximum absolute atomic E-state index is 12.8. The molecule has 182 valence electrons. The Balaban J connectivity index is 1.45. The van der Waals surface area contributed by atoms with Gasteiger partial charge in [0.15, 0.2) is 0 Å². The normalized spacial score (nSPS) is 19.9. The van der Waals surface area contributed by atoms with E-state index in [0.29, 0.717) is 17.9 Å². The summed E-state index contributed by atoms with van der Waals surface area (Å²) in [6.45, 7) is 0.720. The molecule has 0 spiro atoms. The minimum Gasteiger partial charge on any atom is -0.384 e. The van der Waals surface area contributed by atoms with Crippen LogP contribution in [0.2, 0.25) is 0 Å². The number of rotatable bonds is 6. The number of aromatic nitrogens is 1. The average molecular weight is 473 g/mol. The van der Waals surface area contributed by atoms with E-state index in [4.69, 9.17) is 5.73 Å². The van der Waals surface area contributed by atoms with E-state index in [1.54, 1.807) is 13.1 Å². The summed E-state index contributed by atoms with van der Waals surface area (Å²) in [5.74, 6) is 0.315. The number of primary amides is 1. The third-order valence-electron chi connectivity index (χ3n) is 7.65. The van der Waals surface area contributed by atoms with Crippen LogP contribution in [0.1, 0.15) is 59.4 Å². The monoisotopic (exact) mass is 472 g/mol.